The van der Waals surface area contributed by atoms with E-state index in [0.29, 0.717) is 13.0 Å². The number of methoxy groups -OCH3 is 2. The van der Waals surface area contributed by atoms with Crippen molar-refractivity contribution in [3.63, 3.8) is 0 Å². The fourth-order valence-electron chi connectivity index (χ4n) is 1.73. The van der Waals surface area contributed by atoms with Gasteiger partial charge in [-0.25, -0.2) is 9.78 Å². The largest absolute Gasteiger partial charge is 0.475 e. The van der Waals surface area contributed by atoms with Crippen LogP contribution in [0.2, 0.25) is 0 Å². The highest BCUT2D eigenvalue weighted by Gasteiger charge is 2.35. The van der Waals surface area contributed by atoms with Crippen LogP contribution in [0.4, 0.5) is 0 Å². The number of carbonyl (C=O) groups excluding carboxylic acids is 2. The van der Waals surface area contributed by atoms with E-state index in [4.69, 9.17) is 14.2 Å². The van der Waals surface area contributed by atoms with Crippen LogP contribution < -0.4 is 10.1 Å². The fourth-order valence-corrected chi connectivity index (χ4v) is 1.73. The Morgan fingerprint density at radius 2 is 2.05 bits per heavy atom. The highest BCUT2D eigenvalue weighted by Crippen LogP contribution is 2.18. The highest BCUT2D eigenvalue weighted by molar-refractivity contribution is 5.99. The van der Waals surface area contributed by atoms with Crippen molar-refractivity contribution in [2.45, 2.75) is 25.8 Å². The number of amides is 1. The van der Waals surface area contributed by atoms with Gasteiger partial charge >= 0.3 is 5.97 Å². The van der Waals surface area contributed by atoms with Crippen molar-refractivity contribution < 1.29 is 23.8 Å². The summed E-state index contributed by atoms with van der Waals surface area (Å²) in [7, 11) is 2.84. The van der Waals surface area contributed by atoms with Crippen LogP contribution in [0.25, 0.3) is 0 Å². The Hall–Kier alpha value is -2.15. The van der Waals surface area contributed by atoms with Gasteiger partial charge in [0.25, 0.3) is 5.91 Å². The maximum absolute atomic E-state index is 12.4. The maximum Gasteiger partial charge on any atom is 0.331 e. The Balaban J connectivity index is 2.91. The number of hydrogen-bond donors (Lipinski definition) is 1. The zero-order valence-electron chi connectivity index (χ0n) is 13.3. The van der Waals surface area contributed by atoms with E-state index in [2.05, 4.69) is 10.3 Å². The van der Waals surface area contributed by atoms with E-state index in [0.717, 1.165) is 0 Å². The van der Waals surface area contributed by atoms with Gasteiger partial charge in [-0.15, -0.1) is 0 Å². The fraction of sp³-hybridized carbons (Fsp3) is 0.533. The molecule has 0 aliphatic heterocycles. The standard InChI is InChI=1S/C15H22N2O5/c1-5-15(2,14(19)21-4)17-12(18)11-7-6-8-16-13(11)22-10-9-20-3/h6-8H,5,9-10H2,1-4H3,(H,17,18)/t15-/m1/s1. The lowest BCUT2D eigenvalue weighted by atomic mass is 9.98. The third-order valence-corrected chi connectivity index (χ3v) is 3.27. The number of nitrogens with zero attached hydrogens (tertiary/aromatic N) is 1. The van der Waals surface area contributed by atoms with E-state index >= 15 is 0 Å². The van der Waals surface area contributed by atoms with Gasteiger partial charge in [-0.1, -0.05) is 6.92 Å². The number of hydrogen-bond acceptors (Lipinski definition) is 6. The first kappa shape index (κ1) is 17.9. The Kier molecular flexibility index (Phi) is 6.78. The molecule has 7 nitrogen and oxygen atoms in total. The first-order valence-corrected chi connectivity index (χ1v) is 6.96. The zero-order valence-corrected chi connectivity index (χ0v) is 13.3. The SMILES string of the molecule is CC[C@@](C)(NC(=O)c1cccnc1OCCOC)C(=O)OC. The molecule has 0 aliphatic carbocycles. The number of esters is 1. The lowest BCUT2D eigenvalue weighted by Crippen LogP contribution is -2.52. The van der Waals surface area contributed by atoms with Gasteiger partial charge in [-0.3, -0.25) is 4.79 Å². The molecule has 0 saturated heterocycles. The summed E-state index contributed by atoms with van der Waals surface area (Å²) in [4.78, 5) is 28.3. The van der Waals surface area contributed by atoms with E-state index in [1.165, 1.54) is 13.3 Å². The van der Waals surface area contributed by atoms with E-state index in [1.54, 1.807) is 33.1 Å². The Morgan fingerprint density at radius 1 is 1.32 bits per heavy atom. The second-order valence-electron chi connectivity index (χ2n) is 4.83. The molecule has 0 saturated carbocycles. The normalized spacial score (nSPS) is 13.1. The van der Waals surface area contributed by atoms with Gasteiger partial charge in [0.05, 0.1) is 13.7 Å². The van der Waals surface area contributed by atoms with Crippen LogP contribution in [0.5, 0.6) is 5.88 Å². The molecule has 22 heavy (non-hydrogen) atoms. The van der Waals surface area contributed by atoms with E-state index in [-0.39, 0.29) is 18.1 Å². The summed E-state index contributed by atoms with van der Waals surface area (Å²) in [6.07, 6.45) is 1.92. The van der Waals surface area contributed by atoms with Crippen LogP contribution in [-0.2, 0) is 14.3 Å². The van der Waals surface area contributed by atoms with Gasteiger partial charge in [-0.2, -0.15) is 0 Å². The second kappa shape index (κ2) is 8.33. The molecule has 1 aromatic rings. The first-order chi connectivity index (χ1) is 10.5. The molecule has 0 spiro atoms. The van der Waals surface area contributed by atoms with Crippen LogP contribution >= 0.6 is 0 Å². The van der Waals surface area contributed by atoms with E-state index < -0.39 is 17.4 Å². The summed E-state index contributed by atoms with van der Waals surface area (Å²) in [5.74, 6) is -0.760. The smallest absolute Gasteiger partial charge is 0.331 e. The van der Waals surface area contributed by atoms with Gasteiger partial charge < -0.3 is 19.5 Å². The van der Waals surface area contributed by atoms with Crippen molar-refractivity contribution in [2.24, 2.45) is 0 Å². The predicted molar refractivity (Wildman–Crippen MR) is 79.8 cm³/mol. The van der Waals surface area contributed by atoms with Crippen molar-refractivity contribution in [3.05, 3.63) is 23.9 Å². The van der Waals surface area contributed by atoms with E-state index in [1.807, 2.05) is 0 Å². The molecular weight excluding hydrogens is 288 g/mol. The maximum atomic E-state index is 12.4. The second-order valence-corrected chi connectivity index (χ2v) is 4.83. The molecule has 1 amide bonds. The van der Waals surface area contributed by atoms with Gasteiger partial charge in [0.15, 0.2) is 0 Å². The average molecular weight is 310 g/mol. The molecule has 1 heterocycles. The third kappa shape index (κ3) is 4.42. The molecule has 0 aliphatic rings. The van der Waals surface area contributed by atoms with E-state index in [9.17, 15) is 9.59 Å². The van der Waals surface area contributed by atoms with Crippen molar-refractivity contribution in [2.75, 3.05) is 27.4 Å². The summed E-state index contributed by atoms with van der Waals surface area (Å²) in [6.45, 7) is 4.05. The minimum atomic E-state index is -1.11. The third-order valence-electron chi connectivity index (χ3n) is 3.27. The molecule has 0 fully saturated rings. The topological polar surface area (TPSA) is 86.8 Å². The van der Waals surface area contributed by atoms with Crippen molar-refractivity contribution >= 4 is 11.9 Å². The summed E-state index contributed by atoms with van der Waals surface area (Å²) >= 11 is 0. The molecule has 0 aromatic carbocycles. The van der Waals surface area contributed by atoms with Gasteiger partial charge in [0.1, 0.15) is 17.7 Å². The minimum Gasteiger partial charge on any atom is -0.475 e. The number of ether oxygens (including phenoxy) is 3. The molecule has 122 valence electrons. The molecule has 0 unspecified atom stereocenters. The number of nitrogens with one attached hydrogen (secondary N) is 1. The number of rotatable bonds is 8. The molecule has 1 atom stereocenters. The lowest BCUT2D eigenvalue weighted by Gasteiger charge is -2.26. The summed E-state index contributed by atoms with van der Waals surface area (Å²) in [5, 5.41) is 2.68. The average Bonchev–Trinajstić information content (AvgIpc) is 2.54. The molecule has 7 heteroatoms. The van der Waals surface area contributed by atoms with Gasteiger partial charge in [-0.05, 0) is 25.5 Å². The number of carbonyl (C=O) groups is 2. The quantitative estimate of drug-likeness (QED) is 0.573. The molecule has 1 rings (SSSR count). The summed E-state index contributed by atoms with van der Waals surface area (Å²) < 4.78 is 15.0. The first-order valence-electron chi connectivity index (χ1n) is 6.96. The van der Waals surface area contributed by atoms with Crippen molar-refractivity contribution in [3.8, 4) is 5.88 Å². The van der Waals surface area contributed by atoms with Crippen LogP contribution in [-0.4, -0.2) is 49.8 Å². The lowest BCUT2D eigenvalue weighted by molar-refractivity contribution is -0.147. The molecule has 1 aromatic heterocycles. The number of pyridine rings is 1. The molecular formula is C15H22N2O5. The predicted octanol–water partition coefficient (Wildman–Crippen LogP) is 1.18. The minimum absolute atomic E-state index is 0.195. The molecule has 0 radical (unpaired) electrons. The summed E-state index contributed by atoms with van der Waals surface area (Å²) in [6, 6.07) is 3.21. The van der Waals surface area contributed by atoms with Gasteiger partial charge in [0, 0.05) is 13.3 Å². The Bertz CT molecular complexity index is 520. The van der Waals surface area contributed by atoms with Crippen molar-refractivity contribution in [1.82, 2.24) is 10.3 Å². The number of aromatic nitrogens is 1. The molecule has 1 N–H and O–H groups in total. The van der Waals surface area contributed by atoms with Crippen LogP contribution in [0, 0.1) is 0 Å². The Morgan fingerprint density at radius 3 is 2.64 bits per heavy atom. The Labute approximate surface area is 130 Å². The van der Waals surface area contributed by atoms with Crippen LogP contribution in [0.3, 0.4) is 0 Å². The zero-order chi connectivity index (χ0) is 16.6. The van der Waals surface area contributed by atoms with Crippen LogP contribution in [0.15, 0.2) is 18.3 Å². The van der Waals surface area contributed by atoms with Crippen LogP contribution in [0.1, 0.15) is 30.6 Å². The van der Waals surface area contributed by atoms with Crippen molar-refractivity contribution in [1.29, 1.82) is 0 Å². The molecule has 0 bridgehead atoms. The van der Waals surface area contributed by atoms with Gasteiger partial charge in [0.2, 0.25) is 5.88 Å². The summed E-state index contributed by atoms with van der Waals surface area (Å²) in [5.41, 5.74) is -0.854. The highest BCUT2D eigenvalue weighted by atomic mass is 16.5. The monoisotopic (exact) mass is 310 g/mol.